The number of nitrogens with zero attached hydrogens (tertiary/aromatic N) is 4. The predicted molar refractivity (Wildman–Crippen MR) is 69.5 cm³/mol. The second-order valence-corrected chi connectivity index (χ2v) is 4.58. The average Bonchev–Trinajstić information content (AvgIpc) is 2.72. The minimum Gasteiger partial charge on any atom is -0.480 e. The number of hydrogen-bond acceptors (Lipinski definition) is 5. The molecule has 1 unspecified atom stereocenters. The largest absolute Gasteiger partial charge is 0.480 e. The molecule has 0 aliphatic carbocycles. The molecule has 2 amide bonds. The van der Waals surface area contributed by atoms with E-state index in [1.807, 2.05) is 0 Å². The Kier molecular flexibility index (Phi) is 3.59. The van der Waals surface area contributed by atoms with Gasteiger partial charge in [-0.2, -0.15) is 9.98 Å². The summed E-state index contributed by atoms with van der Waals surface area (Å²) in [5, 5.41) is 11.1. The van der Waals surface area contributed by atoms with Gasteiger partial charge in [-0.05, 0) is 0 Å². The molecule has 9 heteroatoms. The van der Waals surface area contributed by atoms with Crippen molar-refractivity contribution in [2.45, 2.75) is 19.9 Å². The van der Waals surface area contributed by atoms with Crippen molar-refractivity contribution in [3.05, 3.63) is 0 Å². The lowest BCUT2D eigenvalue weighted by molar-refractivity contribution is -0.136. The molecule has 9 nitrogen and oxygen atoms in total. The third kappa shape index (κ3) is 2.71. The van der Waals surface area contributed by atoms with Gasteiger partial charge < -0.3 is 10.0 Å². The number of rotatable bonds is 3. The Morgan fingerprint density at radius 2 is 2.25 bits per heavy atom. The molecule has 2 heterocycles. The number of amides is 2. The highest BCUT2D eigenvalue weighted by Gasteiger charge is 2.37. The average molecular weight is 279 g/mol. The topological polar surface area (TPSA) is 124 Å². The third-order valence-electron chi connectivity index (χ3n) is 2.61. The van der Waals surface area contributed by atoms with Gasteiger partial charge in [-0.25, -0.2) is 0 Å². The van der Waals surface area contributed by atoms with Gasteiger partial charge in [-0.15, -0.1) is 0 Å². The highest BCUT2D eigenvalue weighted by Crippen LogP contribution is 2.12. The van der Waals surface area contributed by atoms with E-state index in [1.54, 1.807) is 13.8 Å². The van der Waals surface area contributed by atoms with Crippen molar-refractivity contribution in [2.24, 2.45) is 20.9 Å². The molecule has 0 radical (unpaired) electrons. The van der Waals surface area contributed by atoms with Crippen LogP contribution in [0.25, 0.3) is 0 Å². The fourth-order valence-corrected chi connectivity index (χ4v) is 1.61. The zero-order valence-corrected chi connectivity index (χ0v) is 10.9. The lowest BCUT2D eigenvalue weighted by atomic mass is 10.2. The molecule has 0 aromatic carbocycles. The number of aliphatic imine (C=N–C) groups is 3. The van der Waals surface area contributed by atoms with Crippen LogP contribution in [0.5, 0.6) is 0 Å². The first-order valence-corrected chi connectivity index (χ1v) is 5.92. The number of carbonyl (C=O) groups is 3. The van der Waals surface area contributed by atoms with E-state index >= 15 is 0 Å². The summed E-state index contributed by atoms with van der Waals surface area (Å²) >= 11 is 0. The Balaban J connectivity index is 2.28. The molecule has 0 saturated carbocycles. The highest BCUT2D eigenvalue weighted by atomic mass is 16.4. The molecule has 2 aliphatic rings. The van der Waals surface area contributed by atoms with Gasteiger partial charge in [0, 0.05) is 5.92 Å². The van der Waals surface area contributed by atoms with Crippen LogP contribution in [0.1, 0.15) is 13.8 Å². The minimum absolute atomic E-state index is 0.138. The zero-order chi connectivity index (χ0) is 14.9. The van der Waals surface area contributed by atoms with Crippen LogP contribution in [-0.4, -0.2) is 58.5 Å². The summed E-state index contributed by atoms with van der Waals surface area (Å²) in [5.41, 5.74) is 0. The molecule has 0 fully saturated rings. The van der Waals surface area contributed by atoms with Crippen molar-refractivity contribution in [3.63, 3.8) is 0 Å². The molecular formula is C11H13N5O4. The maximum absolute atomic E-state index is 11.8. The van der Waals surface area contributed by atoms with Crippen LogP contribution >= 0.6 is 0 Å². The van der Waals surface area contributed by atoms with E-state index in [0.717, 1.165) is 0 Å². The molecule has 0 saturated heterocycles. The number of carboxylic acid groups (broad SMARTS) is 1. The van der Waals surface area contributed by atoms with Gasteiger partial charge in [0.05, 0.1) is 6.34 Å². The van der Waals surface area contributed by atoms with Gasteiger partial charge in [0.25, 0.3) is 11.8 Å². The number of nitrogens with one attached hydrogen (secondary N) is 1. The molecule has 0 spiro atoms. The van der Waals surface area contributed by atoms with Crippen LogP contribution in [-0.2, 0) is 14.4 Å². The second kappa shape index (κ2) is 5.19. The number of fused-ring (bicyclic) bond motifs is 1. The van der Waals surface area contributed by atoms with E-state index in [-0.39, 0.29) is 24.3 Å². The van der Waals surface area contributed by atoms with Crippen molar-refractivity contribution >= 4 is 35.9 Å². The fraction of sp³-hybridized carbons (Fsp3) is 0.455. The van der Waals surface area contributed by atoms with E-state index in [2.05, 4.69) is 20.3 Å². The zero-order valence-electron chi connectivity index (χ0n) is 10.9. The summed E-state index contributed by atoms with van der Waals surface area (Å²) < 4.78 is 0. The Bertz CT molecular complexity index is 563. The second-order valence-electron chi connectivity index (χ2n) is 4.58. The maximum Gasteiger partial charge on any atom is 0.323 e. The number of amidine groups is 1. The molecule has 0 aromatic heterocycles. The molecular weight excluding hydrogens is 266 g/mol. The standard InChI is InChI=1S/C11H13N5O4/c1-5(2)9(19)14-11-13-8-7(10(20)15-11)12-4-16(8)3-6(17)18/h4-5,7H,3H2,1-2H3,(H,17,18)(H,14,15,19,20). The number of carboxylic acids is 1. The van der Waals surface area contributed by atoms with Gasteiger partial charge in [-0.1, -0.05) is 13.8 Å². The first-order chi connectivity index (χ1) is 9.38. The first-order valence-electron chi connectivity index (χ1n) is 5.92. The van der Waals surface area contributed by atoms with Crippen molar-refractivity contribution in [1.29, 1.82) is 0 Å². The van der Waals surface area contributed by atoms with E-state index < -0.39 is 23.8 Å². The summed E-state index contributed by atoms with van der Waals surface area (Å²) in [5.74, 6) is -2.30. The monoisotopic (exact) mass is 279 g/mol. The number of aliphatic carboxylic acids is 1. The smallest absolute Gasteiger partial charge is 0.323 e. The summed E-state index contributed by atoms with van der Waals surface area (Å²) in [6.45, 7) is 2.97. The number of hydrogen-bond donors (Lipinski definition) is 2. The van der Waals surface area contributed by atoms with Crippen molar-refractivity contribution in [1.82, 2.24) is 10.2 Å². The highest BCUT2D eigenvalue weighted by molar-refractivity contribution is 6.24. The normalized spacial score (nSPS) is 22.9. The van der Waals surface area contributed by atoms with Crippen LogP contribution in [0.4, 0.5) is 0 Å². The summed E-state index contributed by atoms with van der Waals surface area (Å²) in [6.07, 6.45) is 1.24. The number of carbonyl (C=O) groups excluding carboxylic acids is 2. The van der Waals surface area contributed by atoms with Crippen molar-refractivity contribution < 1.29 is 19.5 Å². The molecule has 0 bridgehead atoms. The van der Waals surface area contributed by atoms with E-state index in [0.29, 0.717) is 0 Å². The molecule has 2 aliphatic heterocycles. The molecule has 106 valence electrons. The Morgan fingerprint density at radius 3 is 2.85 bits per heavy atom. The van der Waals surface area contributed by atoms with Crippen LogP contribution in [0.2, 0.25) is 0 Å². The van der Waals surface area contributed by atoms with E-state index in [9.17, 15) is 14.4 Å². The van der Waals surface area contributed by atoms with Crippen molar-refractivity contribution in [3.8, 4) is 0 Å². The molecule has 0 aromatic rings. The molecule has 2 rings (SSSR count). The first kappa shape index (κ1) is 13.8. The van der Waals surface area contributed by atoms with Crippen LogP contribution in [0.15, 0.2) is 15.0 Å². The quantitative estimate of drug-likeness (QED) is 0.675. The lowest BCUT2D eigenvalue weighted by Crippen LogP contribution is -2.49. The Labute approximate surface area is 114 Å². The van der Waals surface area contributed by atoms with Gasteiger partial charge in [-0.3, -0.25) is 24.7 Å². The summed E-state index contributed by atoms with van der Waals surface area (Å²) in [7, 11) is 0. The van der Waals surface area contributed by atoms with Crippen molar-refractivity contribution in [2.75, 3.05) is 6.54 Å². The van der Waals surface area contributed by atoms with Gasteiger partial charge in [0.2, 0.25) is 5.96 Å². The van der Waals surface area contributed by atoms with Crippen LogP contribution in [0, 0.1) is 5.92 Å². The summed E-state index contributed by atoms with van der Waals surface area (Å²) in [4.78, 5) is 46.8. The number of guanidine groups is 1. The Morgan fingerprint density at radius 1 is 1.55 bits per heavy atom. The fourth-order valence-electron chi connectivity index (χ4n) is 1.61. The lowest BCUT2D eigenvalue weighted by Gasteiger charge is -2.21. The SMILES string of the molecule is CC(C)C(=O)N=C1N=C2C(N=CN2CC(=O)O)C(=O)N1. The van der Waals surface area contributed by atoms with Gasteiger partial charge in [0.1, 0.15) is 12.4 Å². The van der Waals surface area contributed by atoms with E-state index in [1.165, 1.54) is 11.2 Å². The predicted octanol–water partition coefficient (Wildman–Crippen LogP) is -1.15. The maximum atomic E-state index is 11.8. The van der Waals surface area contributed by atoms with Gasteiger partial charge >= 0.3 is 5.97 Å². The Hall–Kier alpha value is -2.58. The van der Waals surface area contributed by atoms with Crippen LogP contribution in [0.3, 0.4) is 0 Å². The van der Waals surface area contributed by atoms with E-state index in [4.69, 9.17) is 5.11 Å². The van der Waals surface area contributed by atoms with Crippen LogP contribution < -0.4 is 5.32 Å². The minimum atomic E-state index is -1.08. The third-order valence-corrected chi connectivity index (χ3v) is 2.61. The molecule has 1 atom stereocenters. The molecule has 20 heavy (non-hydrogen) atoms. The van der Waals surface area contributed by atoms with Gasteiger partial charge in [0.15, 0.2) is 6.04 Å². The molecule has 2 N–H and O–H groups in total. The summed E-state index contributed by atoms with van der Waals surface area (Å²) in [6, 6.07) is -0.887.